The van der Waals surface area contributed by atoms with Crippen molar-refractivity contribution in [2.24, 2.45) is 23.2 Å². The van der Waals surface area contributed by atoms with E-state index in [0.29, 0.717) is 6.54 Å². The van der Waals surface area contributed by atoms with Gasteiger partial charge in [-0.3, -0.25) is 4.68 Å². The lowest BCUT2D eigenvalue weighted by Gasteiger charge is -2.58. The summed E-state index contributed by atoms with van der Waals surface area (Å²) >= 11 is 0. The number of rotatable bonds is 3. The SMILES string of the molecule is OC(Cn1cccn1)C12CC3CC(CC(C3)C1)C2. The third-order valence-electron chi connectivity index (χ3n) is 5.71. The minimum atomic E-state index is -0.203. The van der Waals surface area contributed by atoms with E-state index < -0.39 is 0 Å². The smallest absolute Gasteiger partial charge is 0.0792 e. The third-order valence-corrected chi connectivity index (χ3v) is 5.71. The molecule has 98 valence electrons. The molecule has 3 heteroatoms. The van der Waals surface area contributed by atoms with Crippen molar-refractivity contribution in [3.05, 3.63) is 18.5 Å². The van der Waals surface area contributed by atoms with E-state index in [2.05, 4.69) is 5.10 Å². The quantitative estimate of drug-likeness (QED) is 0.889. The molecule has 0 amide bonds. The lowest BCUT2D eigenvalue weighted by Crippen LogP contribution is -2.52. The largest absolute Gasteiger partial charge is 0.391 e. The Morgan fingerprint density at radius 3 is 2.28 bits per heavy atom. The van der Waals surface area contributed by atoms with Crippen LogP contribution in [0.3, 0.4) is 0 Å². The van der Waals surface area contributed by atoms with Crippen LogP contribution >= 0.6 is 0 Å². The second kappa shape index (κ2) is 3.83. The molecule has 1 N–H and O–H groups in total. The van der Waals surface area contributed by atoms with E-state index in [4.69, 9.17) is 0 Å². The molecule has 4 bridgehead atoms. The maximum Gasteiger partial charge on any atom is 0.0792 e. The van der Waals surface area contributed by atoms with Crippen LogP contribution in [0.2, 0.25) is 0 Å². The highest BCUT2D eigenvalue weighted by atomic mass is 16.3. The van der Waals surface area contributed by atoms with Gasteiger partial charge in [0.2, 0.25) is 0 Å². The summed E-state index contributed by atoms with van der Waals surface area (Å²) in [5.74, 6) is 2.72. The van der Waals surface area contributed by atoms with Gasteiger partial charge < -0.3 is 5.11 Å². The Labute approximate surface area is 108 Å². The van der Waals surface area contributed by atoms with Crippen molar-refractivity contribution in [3.63, 3.8) is 0 Å². The van der Waals surface area contributed by atoms with Crippen LogP contribution in [0.25, 0.3) is 0 Å². The predicted molar refractivity (Wildman–Crippen MR) is 68.8 cm³/mol. The molecule has 1 atom stereocenters. The van der Waals surface area contributed by atoms with Crippen molar-refractivity contribution in [1.82, 2.24) is 9.78 Å². The van der Waals surface area contributed by atoms with Crippen LogP contribution in [0, 0.1) is 23.2 Å². The van der Waals surface area contributed by atoms with Crippen LogP contribution in [0.4, 0.5) is 0 Å². The molecule has 0 saturated heterocycles. The van der Waals surface area contributed by atoms with Crippen LogP contribution in [0.1, 0.15) is 38.5 Å². The first-order chi connectivity index (χ1) is 8.73. The maximum absolute atomic E-state index is 10.7. The molecule has 1 heterocycles. The van der Waals surface area contributed by atoms with Gasteiger partial charge >= 0.3 is 0 Å². The monoisotopic (exact) mass is 246 g/mol. The zero-order valence-electron chi connectivity index (χ0n) is 10.8. The van der Waals surface area contributed by atoms with E-state index in [-0.39, 0.29) is 11.5 Å². The van der Waals surface area contributed by atoms with Crippen molar-refractivity contribution in [2.45, 2.75) is 51.2 Å². The van der Waals surface area contributed by atoms with Gasteiger partial charge in [-0.25, -0.2) is 0 Å². The van der Waals surface area contributed by atoms with Crippen LogP contribution < -0.4 is 0 Å². The van der Waals surface area contributed by atoms with Gasteiger partial charge in [0, 0.05) is 12.4 Å². The number of hydrogen-bond acceptors (Lipinski definition) is 2. The number of hydrogen-bond donors (Lipinski definition) is 1. The summed E-state index contributed by atoms with van der Waals surface area (Å²) in [5.41, 5.74) is 0.223. The van der Waals surface area contributed by atoms with Crippen molar-refractivity contribution in [1.29, 1.82) is 0 Å². The molecule has 0 aliphatic heterocycles. The molecule has 1 unspecified atom stereocenters. The highest BCUT2D eigenvalue weighted by molar-refractivity contribution is 5.04. The third kappa shape index (κ3) is 1.63. The van der Waals surface area contributed by atoms with Gasteiger partial charge in [0.15, 0.2) is 0 Å². The van der Waals surface area contributed by atoms with Gasteiger partial charge in [-0.2, -0.15) is 5.10 Å². The van der Waals surface area contributed by atoms with E-state index in [1.807, 2.05) is 16.9 Å². The first-order valence-corrected chi connectivity index (χ1v) is 7.39. The highest BCUT2D eigenvalue weighted by Gasteiger charge is 2.53. The van der Waals surface area contributed by atoms with E-state index in [1.165, 1.54) is 38.5 Å². The maximum atomic E-state index is 10.7. The minimum absolute atomic E-state index is 0.203. The molecule has 4 aliphatic rings. The van der Waals surface area contributed by atoms with Gasteiger partial charge in [0.1, 0.15) is 0 Å². The van der Waals surface area contributed by atoms with Gasteiger partial charge in [-0.05, 0) is 67.8 Å². The summed E-state index contributed by atoms with van der Waals surface area (Å²) < 4.78 is 1.89. The molecule has 1 aromatic rings. The molecule has 4 fully saturated rings. The normalized spacial score (nSPS) is 43.3. The van der Waals surface area contributed by atoms with Gasteiger partial charge in [0.25, 0.3) is 0 Å². The van der Waals surface area contributed by atoms with Gasteiger partial charge in [0.05, 0.1) is 12.6 Å². The molecule has 0 aromatic carbocycles. The van der Waals surface area contributed by atoms with Crippen molar-refractivity contribution < 1.29 is 5.11 Å². The topological polar surface area (TPSA) is 38.0 Å². The zero-order valence-corrected chi connectivity index (χ0v) is 10.8. The zero-order chi connectivity index (χ0) is 12.2. The lowest BCUT2D eigenvalue weighted by atomic mass is 9.48. The fourth-order valence-electron chi connectivity index (χ4n) is 5.37. The summed E-state index contributed by atoms with van der Waals surface area (Å²) in [6.45, 7) is 0.680. The molecule has 0 radical (unpaired) electrons. The average Bonchev–Trinajstić information content (AvgIpc) is 2.79. The molecular weight excluding hydrogens is 224 g/mol. The van der Waals surface area contributed by atoms with E-state index >= 15 is 0 Å². The van der Waals surface area contributed by atoms with Crippen molar-refractivity contribution in [2.75, 3.05) is 0 Å². The molecule has 0 spiro atoms. The second-order valence-corrected chi connectivity index (χ2v) is 7.02. The minimum Gasteiger partial charge on any atom is -0.391 e. The van der Waals surface area contributed by atoms with E-state index in [0.717, 1.165) is 17.8 Å². The average molecular weight is 246 g/mol. The van der Waals surface area contributed by atoms with Crippen LogP contribution in [0.5, 0.6) is 0 Å². The van der Waals surface area contributed by atoms with Crippen molar-refractivity contribution in [3.8, 4) is 0 Å². The number of nitrogens with zero attached hydrogens (tertiary/aromatic N) is 2. The van der Waals surface area contributed by atoms with Crippen molar-refractivity contribution >= 4 is 0 Å². The van der Waals surface area contributed by atoms with Crippen LogP contribution in [-0.4, -0.2) is 21.0 Å². The molecular formula is C15H22N2O. The number of aliphatic hydroxyl groups is 1. The van der Waals surface area contributed by atoms with Crippen LogP contribution in [-0.2, 0) is 6.54 Å². The fraction of sp³-hybridized carbons (Fsp3) is 0.800. The molecule has 5 rings (SSSR count). The Morgan fingerprint density at radius 2 is 1.78 bits per heavy atom. The molecule has 1 aromatic heterocycles. The Bertz CT molecular complexity index is 390. The summed E-state index contributed by atoms with van der Waals surface area (Å²) in [6.07, 6.45) is 11.7. The highest BCUT2D eigenvalue weighted by Crippen LogP contribution is 2.61. The summed E-state index contributed by atoms with van der Waals surface area (Å²) in [7, 11) is 0. The first kappa shape index (κ1) is 11.0. The van der Waals surface area contributed by atoms with Crippen LogP contribution in [0.15, 0.2) is 18.5 Å². The predicted octanol–water partition coefficient (Wildman–Crippen LogP) is 2.46. The second-order valence-electron chi connectivity index (χ2n) is 7.02. The summed E-state index contributed by atoms with van der Waals surface area (Å²) in [4.78, 5) is 0. The van der Waals surface area contributed by atoms with E-state index in [1.54, 1.807) is 6.20 Å². The lowest BCUT2D eigenvalue weighted by molar-refractivity contribution is -0.125. The summed E-state index contributed by atoms with van der Waals surface area (Å²) in [6, 6.07) is 1.94. The molecule has 4 saturated carbocycles. The molecule has 4 aliphatic carbocycles. The molecule has 3 nitrogen and oxygen atoms in total. The fourth-order valence-corrected chi connectivity index (χ4v) is 5.37. The first-order valence-electron chi connectivity index (χ1n) is 7.39. The Kier molecular flexibility index (Phi) is 2.35. The molecule has 18 heavy (non-hydrogen) atoms. The Balaban J connectivity index is 1.56. The van der Waals surface area contributed by atoms with Gasteiger partial charge in [-0.15, -0.1) is 0 Å². The standard InChI is InChI=1S/C15H22N2O/c18-14(10-17-3-1-2-16-17)15-7-11-4-12(8-15)6-13(5-11)9-15/h1-3,11-14,18H,4-10H2. The van der Waals surface area contributed by atoms with Gasteiger partial charge in [-0.1, -0.05) is 0 Å². The number of aliphatic hydroxyl groups excluding tert-OH is 1. The van der Waals surface area contributed by atoms with E-state index in [9.17, 15) is 5.11 Å². The Morgan fingerprint density at radius 1 is 1.17 bits per heavy atom. The Hall–Kier alpha value is -0.830. The summed E-state index contributed by atoms with van der Waals surface area (Å²) in [5, 5.41) is 15.0. The number of aromatic nitrogens is 2.